The molecule has 0 fully saturated rings. The Morgan fingerprint density at radius 3 is 2.17 bits per heavy atom. The van der Waals surface area contributed by atoms with Crippen molar-refractivity contribution in [2.75, 3.05) is 20.0 Å². The van der Waals surface area contributed by atoms with E-state index < -0.39 is 0 Å². The number of hydrogen-bond acceptors (Lipinski definition) is 2. The molecular weight excluding hydrogens is 152 g/mol. The first kappa shape index (κ1) is 11.9. The van der Waals surface area contributed by atoms with Gasteiger partial charge in [-0.15, -0.1) is 0 Å². The fourth-order valence-electron chi connectivity index (χ4n) is 0.952. The van der Waals surface area contributed by atoms with Crippen LogP contribution in [-0.4, -0.2) is 20.0 Å². The Morgan fingerprint density at radius 1 is 0.750 bits per heavy atom. The van der Waals surface area contributed by atoms with Crippen molar-refractivity contribution in [1.29, 1.82) is 0 Å². The molecule has 0 saturated heterocycles. The first-order valence-corrected chi connectivity index (χ1v) is 5.07. The molecule has 0 radical (unpaired) electrons. The van der Waals surface area contributed by atoms with Crippen LogP contribution >= 0.6 is 0 Å². The van der Waals surface area contributed by atoms with Gasteiger partial charge in [-0.2, -0.15) is 0 Å². The standard InChI is InChI=1S/C10H22O2/c1-3-5-6-7-9-12-10-11-8-4-2/h3-10H2,1-2H3. The van der Waals surface area contributed by atoms with E-state index in [0.717, 1.165) is 19.6 Å². The number of unbranched alkanes of at least 4 members (excludes halogenated alkanes) is 3. The van der Waals surface area contributed by atoms with E-state index in [1.807, 2.05) is 0 Å². The Balaban J connectivity index is 2.73. The van der Waals surface area contributed by atoms with Crippen LogP contribution in [-0.2, 0) is 9.47 Å². The molecule has 0 amide bonds. The predicted molar refractivity (Wildman–Crippen MR) is 51.2 cm³/mol. The second-order valence-electron chi connectivity index (χ2n) is 3.00. The molecule has 0 heterocycles. The molecule has 0 unspecified atom stereocenters. The van der Waals surface area contributed by atoms with Crippen molar-refractivity contribution in [2.24, 2.45) is 0 Å². The van der Waals surface area contributed by atoms with Crippen LogP contribution in [0.15, 0.2) is 0 Å². The molecule has 0 aliphatic carbocycles. The number of rotatable bonds is 9. The summed E-state index contributed by atoms with van der Waals surface area (Å²) in [5.74, 6) is 0. The average molecular weight is 174 g/mol. The summed E-state index contributed by atoms with van der Waals surface area (Å²) in [7, 11) is 0. The minimum atomic E-state index is 0.472. The van der Waals surface area contributed by atoms with Crippen molar-refractivity contribution in [3.8, 4) is 0 Å². The van der Waals surface area contributed by atoms with Crippen LogP contribution in [0.3, 0.4) is 0 Å². The maximum Gasteiger partial charge on any atom is 0.146 e. The van der Waals surface area contributed by atoms with Crippen molar-refractivity contribution >= 4 is 0 Å². The van der Waals surface area contributed by atoms with Crippen LogP contribution in [0.4, 0.5) is 0 Å². The molecule has 74 valence electrons. The first-order valence-electron chi connectivity index (χ1n) is 5.07. The maximum atomic E-state index is 5.26. The molecule has 0 saturated carbocycles. The molecule has 0 spiro atoms. The second-order valence-corrected chi connectivity index (χ2v) is 3.00. The van der Waals surface area contributed by atoms with Gasteiger partial charge in [0.2, 0.25) is 0 Å². The summed E-state index contributed by atoms with van der Waals surface area (Å²) in [6, 6.07) is 0. The van der Waals surface area contributed by atoms with Crippen LogP contribution in [0.2, 0.25) is 0 Å². The Morgan fingerprint density at radius 2 is 1.50 bits per heavy atom. The van der Waals surface area contributed by atoms with Gasteiger partial charge in [0.15, 0.2) is 0 Å². The van der Waals surface area contributed by atoms with E-state index in [-0.39, 0.29) is 0 Å². The van der Waals surface area contributed by atoms with Gasteiger partial charge in [0.25, 0.3) is 0 Å². The summed E-state index contributed by atoms with van der Waals surface area (Å²) in [6.07, 6.45) is 6.12. The predicted octanol–water partition coefficient (Wildman–Crippen LogP) is 2.97. The smallest absolute Gasteiger partial charge is 0.146 e. The Labute approximate surface area is 76.3 Å². The van der Waals surface area contributed by atoms with Crippen LogP contribution in [0, 0.1) is 0 Å². The molecule has 12 heavy (non-hydrogen) atoms. The van der Waals surface area contributed by atoms with Gasteiger partial charge in [-0.05, 0) is 12.8 Å². The third-order valence-electron chi connectivity index (χ3n) is 1.66. The average Bonchev–Trinajstić information content (AvgIpc) is 2.10. The molecule has 0 aromatic carbocycles. The van der Waals surface area contributed by atoms with Gasteiger partial charge in [-0.1, -0.05) is 33.1 Å². The number of ether oxygens (including phenoxy) is 2. The van der Waals surface area contributed by atoms with Gasteiger partial charge in [0.1, 0.15) is 6.79 Å². The molecule has 0 aliphatic heterocycles. The highest BCUT2D eigenvalue weighted by Gasteiger charge is 1.88. The quantitative estimate of drug-likeness (QED) is 0.395. The normalized spacial score (nSPS) is 10.5. The van der Waals surface area contributed by atoms with E-state index in [1.54, 1.807) is 0 Å². The molecule has 0 aromatic rings. The molecule has 0 aliphatic rings. The van der Waals surface area contributed by atoms with E-state index >= 15 is 0 Å². The zero-order chi connectivity index (χ0) is 9.07. The highest BCUT2D eigenvalue weighted by atomic mass is 16.7. The summed E-state index contributed by atoms with van der Waals surface area (Å²) in [4.78, 5) is 0. The topological polar surface area (TPSA) is 18.5 Å². The molecule has 2 nitrogen and oxygen atoms in total. The van der Waals surface area contributed by atoms with Crippen molar-refractivity contribution < 1.29 is 9.47 Å². The molecule has 0 N–H and O–H groups in total. The van der Waals surface area contributed by atoms with Crippen LogP contribution < -0.4 is 0 Å². The molecular formula is C10H22O2. The molecule has 0 aromatic heterocycles. The molecule has 0 rings (SSSR count). The fourth-order valence-corrected chi connectivity index (χ4v) is 0.952. The second kappa shape index (κ2) is 10.9. The summed E-state index contributed by atoms with van der Waals surface area (Å²) in [6.45, 7) is 6.45. The van der Waals surface area contributed by atoms with Crippen LogP contribution in [0.5, 0.6) is 0 Å². The molecule has 0 atom stereocenters. The third-order valence-corrected chi connectivity index (χ3v) is 1.66. The maximum absolute atomic E-state index is 5.26. The zero-order valence-electron chi connectivity index (χ0n) is 8.47. The number of hydrogen-bond donors (Lipinski definition) is 0. The van der Waals surface area contributed by atoms with Crippen LogP contribution in [0.25, 0.3) is 0 Å². The van der Waals surface area contributed by atoms with Crippen molar-refractivity contribution in [2.45, 2.75) is 46.0 Å². The van der Waals surface area contributed by atoms with Gasteiger partial charge in [-0.3, -0.25) is 0 Å². The van der Waals surface area contributed by atoms with Gasteiger partial charge in [-0.25, -0.2) is 0 Å². The fraction of sp³-hybridized carbons (Fsp3) is 1.00. The van der Waals surface area contributed by atoms with Gasteiger partial charge in [0.05, 0.1) is 0 Å². The minimum Gasteiger partial charge on any atom is -0.355 e. The minimum absolute atomic E-state index is 0.472. The lowest BCUT2D eigenvalue weighted by Crippen LogP contribution is -2.02. The zero-order valence-corrected chi connectivity index (χ0v) is 8.47. The largest absolute Gasteiger partial charge is 0.355 e. The summed E-state index contributed by atoms with van der Waals surface area (Å²) < 4.78 is 10.4. The molecule has 0 bridgehead atoms. The Kier molecular flexibility index (Phi) is 10.8. The summed E-state index contributed by atoms with van der Waals surface area (Å²) in [5.41, 5.74) is 0. The highest BCUT2D eigenvalue weighted by Crippen LogP contribution is 1.98. The van der Waals surface area contributed by atoms with Crippen molar-refractivity contribution in [3.63, 3.8) is 0 Å². The Bertz CT molecular complexity index is 64.2. The van der Waals surface area contributed by atoms with Crippen molar-refractivity contribution in [1.82, 2.24) is 0 Å². The van der Waals surface area contributed by atoms with E-state index in [1.165, 1.54) is 25.7 Å². The van der Waals surface area contributed by atoms with Gasteiger partial charge in [0, 0.05) is 13.2 Å². The molecule has 2 heteroatoms. The monoisotopic (exact) mass is 174 g/mol. The van der Waals surface area contributed by atoms with E-state index in [0.29, 0.717) is 6.79 Å². The van der Waals surface area contributed by atoms with Gasteiger partial charge >= 0.3 is 0 Å². The van der Waals surface area contributed by atoms with E-state index in [2.05, 4.69) is 13.8 Å². The van der Waals surface area contributed by atoms with Crippen LogP contribution in [0.1, 0.15) is 46.0 Å². The highest BCUT2D eigenvalue weighted by molar-refractivity contribution is 4.37. The lowest BCUT2D eigenvalue weighted by molar-refractivity contribution is -0.0543. The third kappa shape index (κ3) is 9.92. The first-order chi connectivity index (χ1) is 5.91. The summed E-state index contributed by atoms with van der Waals surface area (Å²) in [5, 5.41) is 0. The SMILES string of the molecule is CCCCCCOCOCCC. The summed E-state index contributed by atoms with van der Waals surface area (Å²) >= 11 is 0. The van der Waals surface area contributed by atoms with E-state index in [9.17, 15) is 0 Å². The lowest BCUT2D eigenvalue weighted by Gasteiger charge is -2.03. The Hall–Kier alpha value is -0.0800. The van der Waals surface area contributed by atoms with Gasteiger partial charge < -0.3 is 9.47 Å². The van der Waals surface area contributed by atoms with Crippen molar-refractivity contribution in [3.05, 3.63) is 0 Å². The van der Waals surface area contributed by atoms with E-state index in [4.69, 9.17) is 9.47 Å². The lowest BCUT2D eigenvalue weighted by atomic mass is 10.2.